The Labute approximate surface area is 127 Å². The summed E-state index contributed by atoms with van der Waals surface area (Å²) in [7, 11) is 0. The van der Waals surface area contributed by atoms with Gasteiger partial charge in [0, 0.05) is 11.9 Å². The zero-order valence-electron chi connectivity index (χ0n) is 12.1. The van der Waals surface area contributed by atoms with Gasteiger partial charge < -0.3 is 9.64 Å². The Kier molecular flexibility index (Phi) is 3.18. The highest BCUT2D eigenvalue weighted by molar-refractivity contribution is 6.04. The van der Waals surface area contributed by atoms with E-state index in [-0.39, 0.29) is 17.5 Å². The normalized spacial score (nSPS) is 22.0. The molecule has 1 aliphatic heterocycles. The van der Waals surface area contributed by atoms with Gasteiger partial charge >= 0.3 is 0 Å². The number of nitrogens with one attached hydrogen (secondary N) is 1. The minimum atomic E-state index is -0.270. The molecule has 22 heavy (non-hydrogen) atoms. The molecule has 0 radical (unpaired) electrons. The van der Waals surface area contributed by atoms with Crippen LogP contribution < -0.4 is 5.56 Å². The second kappa shape index (κ2) is 5.21. The number of nitrogens with zero attached hydrogens (tertiary/aromatic N) is 2. The summed E-state index contributed by atoms with van der Waals surface area (Å²) >= 11 is 0. The number of fused-ring (bicyclic) bond motifs is 1. The van der Waals surface area contributed by atoms with Crippen molar-refractivity contribution in [2.24, 2.45) is 5.92 Å². The molecular formula is C16H17N3O3. The molecule has 1 saturated heterocycles. The number of ether oxygens (including phenoxy) is 1. The lowest BCUT2D eigenvalue weighted by atomic mass is 10.1. The molecule has 1 atom stereocenters. The number of amides is 1. The van der Waals surface area contributed by atoms with Crippen molar-refractivity contribution in [1.29, 1.82) is 0 Å². The summed E-state index contributed by atoms with van der Waals surface area (Å²) in [6.07, 6.45) is 2.30. The van der Waals surface area contributed by atoms with Gasteiger partial charge in [-0.05, 0) is 24.8 Å². The van der Waals surface area contributed by atoms with Crippen molar-refractivity contribution in [1.82, 2.24) is 15.1 Å². The number of rotatable bonds is 2. The summed E-state index contributed by atoms with van der Waals surface area (Å²) in [5.74, 6) is 0.422. The van der Waals surface area contributed by atoms with Crippen molar-refractivity contribution in [3.8, 4) is 0 Å². The SMILES string of the molecule is O=C(c1n[nH]c(=O)c2ccccc12)N1CCOC[C@H]1C1CC1. The summed E-state index contributed by atoms with van der Waals surface area (Å²) in [5.41, 5.74) is 0.0515. The van der Waals surface area contributed by atoms with Crippen molar-refractivity contribution in [3.05, 3.63) is 40.3 Å². The molecule has 114 valence electrons. The van der Waals surface area contributed by atoms with Gasteiger partial charge in [-0.1, -0.05) is 18.2 Å². The third-order valence-electron chi connectivity index (χ3n) is 4.49. The van der Waals surface area contributed by atoms with E-state index in [4.69, 9.17) is 4.74 Å². The van der Waals surface area contributed by atoms with E-state index in [2.05, 4.69) is 10.2 Å². The molecule has 0 spiro atoms. The van der Waals surface area contributed by atoms with E-state index in [1.54, 1.807) is 18.2 Å². The molecule has 2 heterocycles. The molecule has 2 fully saturated rings. The fourth-order valence-corrected chi connectivity index (χ4v) is 3.16. The van der Waals surface area contributed by atoms with E-state index in [1.807, 2.05) is 11.0 Å². The molecule has 1 aromatic carbocycles. The monoisotopic (exact) mass is 299 g/mol. The van der Waals surface area contributed by atoms with Crippen LogP contribution in [0.4, 0.5) is 0 Å². The highest BCUT2D eigenvalue weighted by atomic mass is 16.5. The Hall–Kier alpha value is -2.21. The average molecular weight is 299 g/mol. The lowest BCUT2D eigenvalue weighted by Gasteiger charge is -2.35. The van der Waals surface area contributed by atoms with E-state index in [9.17, 15) is 9.59 Å². The second-order valence-electron chi connectivity index (χ2n) is 5.93. The number of hydrogen-bond acceptors (Lipinski definition) is 4. The Balaban J connectivity index is 1.76. The van der Waals surface area contributed by atoms with Crippen molar-refractivity contribution in [2.75, 3.05) is 19.8 Å². The molecule has 2 aromatic rings. The lowest BCUT2D eigenvalue weighted by Crippen LogP contribution is -2.50. The number of H-pyrrole nitrogens is 1. The minimum absolute atomic E-state index is 0.118. The van der Waals surface area contributed by atoms with Crippen LogP contribution in [-0.4, -0.2) is 46.8 Å². The van der Waals surface area contributed by atoms with E-state index in [0.29, 0.717) is 42.1 Å². The molecule has 6 heteroatoms. The smallest absolute Gasteiger partial charge is 0.275 e. The summed E-state index contributed by atoms with van der Waals surface area (Å²) in [6.45, 7) is 1.73. The first-order chi connectivity index (χ1) is 10.8. The third kappa shape index (κ3) is 2.20. The van der Waals surface area contributed by atoms with Crippen LogP contribution in [0.2, 0.25) is 0 Å². The maximum atomic E-state index is 13.0. The Morgan fingerprint density at radius 1 is 1.27 bits per heavy atom. The van der Waals surface area contributed by atoms with Crippen molar-refractivity contribution in [2.45, 2.75) is 18.9 Å². The first-order valence-electron chi connectivity index (χ1n) is 7.62. The molecule has 0 unspecified atom stereocenters. The van der Waals surface area contributed by atoms with Gasteiger partial charge in [0.15, 0.2) is 5.69 Å². The highest BCUT2D eigenvalue weighted by Gasteiger charge is 2.40. The fraction of sp³-hybridized carbons (Fsp3) is 0.438. The number of hydrogen-bond donors (Lipinski definition) is 1. The number of aromatic nitrogens is 2. The summed E-state index contributed by atoms with van der Waals surface area (Å²) in [6, 6.07) is 7.22. The first kappa shape index (κ1) is 13.5. The number of carbonyl (C=O) groups excluding carboxylic acids is 1. The van der Waals surface area contributed by atoms with E-state index < -0.39 is 0 Å². The lowest BCUT2D eigenvalue weighted by molar-refractivity contribution is -0.00858. The molecule has 1 N–H and O–H groups in total. The molecule has 1 amide bonds. The van der Waals surface area contributed by atoms with Gasteiger partial charge in [-0.3, -0.25) is 9.59 Å². The maximum Gasteiger partial charge on any atom is 0.275 e. The molecular weight excluding hydrogens is 282 g/mol. The number of carbonyl (C=O) groups is 1. The van der Waals surface area contributed by atoms with Crippen LogP contribution in [0, 0.1) is 5.92 Å². The quantitative estimate of drug-likeness (QED) is 0.903. The Morgan fingerprint density at radius 2 is 2.05 bits per heavy atom. The van der Waals surface area contributed by atoms with Gasteiger partial charge in [-0.25, -0.2) is 5.10 Å². The van der Waals surface area contributed by atoms with Crippen molar-refractivity contribution < 1.29 is 9.53 Å². The van der Waals surface area contributed by atoms with Gasteiger partial charge in [0.05, 0.1) is 24.6 Å². The van der Waals surface area contributed by atoms with Crippen LogP contribution >= 0.6 is 0 Å². The van der Waals surface area contributed by atoms with Crippen LogP contribution in [0.25, 0.3) is 10.8 Å². The molecule has 1 saturated carbocycles. The standard InChI is InChI=1S/C16H17N3O3/c20-15-12-4-2-1-3-11(12)14(17-18-15)16(21)19-7-8-22-9-13(19)10-5-6-10/h1-4,10,13H,5-9H2,(H,18,20)/t13-/m0/s1. The van der Waals surface area contributed by atoms with Gasteiger partial charge in [0.25, 0.3) is 11.5 Å². The minimum Gasteiger partial charge on any atom is -0.377 e. The highest BCUT2D eigenvalue weighted by Crippen LogP contribution is 2.37. The zero-order chi connectivity index (χ0) is 15.1. The van der Waals surface area contributed by atoms with Gasteiger partial charge in [0.1, 0.15) is 0 Å². The van der Waals surface area contributed by atoms with Crippen molar-refractivity contribution >= 4 is 16.7 Å². The van der Waals surface area contributed by atoms with E-state index >= 15 is 0 Å². The molecule has 4 rings (SSSR count). The predicted octanol–water partition coefficient (Wildman–Crippen LogP) is 1.17. The van der Waals surface area contributed by atoms with Crippen LogP contribution in [0.1, 0.15) is 23.3 Å². The summed E-state index contributed by atoms with van der Waals surface area (Å²) in [4.78, 5) is 26.7. The van der Waals surface area contributed by atoms with Crippen LogP contribution in [0.5, 0.6) is 0 Å². The van der Waals surface area contributed by atoms with E-state index in [1.165, 1.54) is 0 Å². The van der Waals surface area contributed by atoms with Crippen molar-refractivity contribution in [3.63, 3.8) is 0 Å². The Bertz CT molecular complexity index is 782. The summed E-state index contributed by atoms with van der Waals surface area (Å²) < 4.78 is 5.53. The first-order valence-corrected chi connectivity index (χ1v) is 7.62. The number of morpholine rings is 1. The largest absolute Gasteiger partial charge is 0.377 e. The predicted molar refractivity (Wildman–Crippen MR) is 80.7 cm³/mol. The van der Waals surface area contributed by atoms with E-state index in [0.717, 1.165) is 12.8 Å². The number of benzene rings is 1. The van der Waals surface area contributed by atoms with Crippen LogP contribution in [0.15, 0.2) is 29.1 Å². The van der Waals surface area contributed by atoms with Crippen LogP contribution in [-0.2, 0) is 4.74 Å². The second-order valence-corrected chi connectivity index (χ2v) is 5.93. The van der Waals surface area contributed by atoms with Gasteiger partial charge in [-0.15, -0.1) is 0 Å². The molecule has 6 nitrogen and oxygen atoms in total. The van der Waals surface area contributed by atoms with Crippen LogP contribution in [0.3, 0.4) is 0 Å². The molecule has 2 aliphatic rings. The van der Waals surface area contributed by atoms with Gasteiger partial charge in [-0.2, -0.15) is 5.10 Å². The number of aromatic amines is 1. The molecule has 1 aromatic heterocycles. The zero-order valence-corrected chi connectivity index (χ0v) is 12.1. The Morgan fingerprint density at radius 3 is 2.82 bits per heavy atom. The van der Waals surface area contributed by atoms with Gasteiger partial charge in [0.2, 0.25) is 0 Å². The molecule has 0 bridgehead atoms. The third-order valence-corrected chi connectivity index (χ3v) is 4.49. The average Bonchev–Trinajstić information content (AvgIpc) is 3.40. The molecule has 1 aliphatic carbocycles. The maximum absolute atomic E-state index is 13.0. The summed E-state index contributed by atoms with van der Waals surface area (Å²) in [5, 5.41) is 7.57. The fourth-order valence-electron chi connectivity index (χ4n) is 3.16. The topological polar surface area (TPSA) is 75.3 Å².